The van der Waals surface area contributed by atoms with Gasteiger partial charge in [-0.1, -0.05) is 91.0 Å². The summed E-state index contributed by atoms with van der Waals surface area (Å²) in [5, 5.41) is 15.0. The monoisotopic (exact) mass is 895 g/mol. The van der Waals surface area contributed by atoms with Crippen LogP contribution in [0.15, 0.2) is 194 Å². The number of nitrogen functional groups attached to an aromatic ring is 1. The number of rotatable bonds is 13. The highest BCUT2D eigenvalue weighted by Gasteiger charge is 2.18. The predicted molar refractivity (Wildman–Crippen MR) is 262 cm³/mol. The van der Waals surface area contributed by atoms with Gasteiger partial charge >= 0.3 is 5.97 Å². The Kier molecular flexibility index (Phi) is 16.7. The summed E-state index contributed by atoms with van der Waals surface area (Å²) in [6.45, 7) is 3.91. The van der Waals surface area contributed by atoms with Gasteiger partial charge in [0.25, 0.3) is 11.8 Å². The molecule has 0 bridgehead atoms. The number of aryl methyl sites for hydroxylation is 2. The van der Waals surface area contributed by atoms with Crippen LogP contribution in [0.4, 0.5) is 17.1 Å². The summed E-state index contributed by atoms with van der Waals surface area (Å²) in [6.07, 6.45) is 0. The number of carboxylic acid groups (broad SMARTS) is 1. The van der Waals surface area contributed by atoms with Gasteiger partial charge in [0.05, 0.1) is 36.6 Å². The second-order valence-electron chi connectivity index (χ2n) is 14.6. The van der Waals surface area contributed by atoms with Crippen molar-refractivity contribution in [2.45, 2.75) is 13.8 Å². The highest BCUT2D eigenvalue weighted by Crippen LogP contribution is 2.30. The number of carboxylic acids is 1. The van der Waals surface area contributed by atoms with Crippen LogP contribution in [-0.2, 0) is 0 Å². The first-order chi connectivity index (χ1) is 32.5. The second-order valence-corrected chi connectivity index (χ2v) is 14.6. The molecule has 0 heterocycles. The van der Waals surface area contributed by atoms with Gasteiger partial charge in [-0.05, 0) is 110 Å². The molecule has 8 aromatic carbocycles. The fourth-order valence-electron chi connectivity index (χ4n) is 6.28. The second kappa shape index (κ2) is 23.6. The largest absolute Gasteiger partial charge is 0.496 e. The smallest absolute Gasteiger partial charge is 0.337 e. The van der Waals surface area contributed by atoms with E-state index in [1.807, 2.05) is 135 Å². The lowest BCUT2D eigenvalue weighted by atomic mass is 10.1. The number of nitrogens with one attached hydrogen (secondary N) is 2. The molecule has 12 heteroatoms. The number of benzene rings is 8. The third kappa shape index (κ3) is 13.7. The third-order valence-electron chi connectivity index (χ3n) is 9.82. The van der Waals surface area contributed by atoms with E-state index in [1.54, 1.807) is 61.7 Å². The van der Waals surface area contributed by atoms with Crippen molar-refractivity contribution in [1.29, 1.82) is 0 Å². The molecule has 67 heavy (non-hydrogen) atoms. The predicted octanol–water partition coefficient (Wildman–Crippen LogP) is 12.9. The van der Waals surface area contributed by atoms with Crippen molar-refractivity contribution in [2.24, 2.45) is 0 Å². The Morgan fingerprint density at radius 1 is 0.418 bits per heavy atom. The molecule has 0 spiro atoms. The molecule has 0 aromatic heterocycles. The number of nitrogens with two attached hydrogens (primary N) is 1. The van der Waals surface area contributed by atoms with Crippen LogP contribution in [0, 0.1) is 13.8 Å². The van der Waals surface area contributed by atoms with E-state index < -0.39 is 11.9 Å². The molecule has 5 N–H and O–H groups in total. The quantitative estimate of drug-likeness (QED) is 0.0818. The van der Waals surface area contributed by atoms with Gasteiger partial charge < -0.3 is 45.2 Å². The number of amides is 2. The number of methoxy groups -OCH3 is 2. The molecule has 0 unspecified atom stereocenters. The summed E-state index contributed by atoms with van der Waals surface area (Å²) in [5.41, 5.74) is 10.1. The number of ether oxygens (including phenoxy) is 5. The molecule has 0 atom stereocenters. The Bertz CT molecular complexity index is 2910. The van der Waals surface area contributed by atoms with Gasteiger partial charge in [0, 0.05) is 29.6 Å². The van der Waals surface area contributed by atoms with Crippen molar-refractivity contribution in [2.75, 3.05) is 30.6 Å². The van der Waals surface area contributed by atoms with Gasteiger partial charge in [-0.15, -0.1) is 0 Å². The molecular weight excluding hydrogens is 847 g/mol. The van der Waals surface area contributed by atoms with E-state index in [9.17, 15) is 19.5 Å². The van der Waals surface area contributed by atoms with Gasteiger partial charge in [0.2, 0.25) is 0 Å². The summed E-state index contributed by atoms with van der Waals surface area (Å²) in [7, 11) is 3.01. The van der Waals surface area contributed by atoms with Crippen LogP contribution in [0.1, 0.15) is 42.2 Å². The van der Waals surface area contributed by atoms with E-state index in [0.29, 0.717) is 45.6 Å². The van der Waals surface area contributed by atoms with Crippen molar-refractivity contribution < 1.29 is 43.2 Å². The topological polar surface area (TPSA) is 168 Å². The van der Waals surface area contributed by atoms with Crippen molar-refractivity contribution in [1.82, 2.24) is 0 Å². The fraction of sp³-hybridized carbons (Fsp3) is 0.0727. The van der Waals surface area contributed by atoms with E-state index >= 15 is 0 Å². The molecule has 0 aliphatic carbocycles. The Morgan fingerprint density at radius 2 is 0.791 bits per heavy atom. The zero-order valence-electron chi connectivity index (χ0n) is 37.3. The molecule has 12 nitrogen and oxygen atoms in total. The molecule has 2 amide bonds. The average molecular weight is 896 g/mol. The van der Waals surface area contributed by atoms with Gasteiger partial charge in [-0.3, -0.25) is 9.59 Å². The van der Waals surface area contributed by atoms with E-state index in [0.717, 1.165) is 34.1 Å². The lowest BCUT2D eigenvalue weighted by Gasteiger charge is -2.13. The third-order valence-corrected chi connectivity index (χ3v) is 9.82. The van der Waals surface area contributed by atoms with Gasteiger partial charge in [0.1, 0.15) is 46.0 Å². The van der Waals surface area contributed by atoms with Crippen LogP contribution in [0.3, 0.4) is 0 Å². The minimum atomic E-state index is -1.16. The molecule has 8 aromatic rings. The number of aromatic carboxylic acids is 1. The van der Waals surface area contributed by atoms with E-state index in [1.165, 1.54) is 25.3 Å². The highest BCUT2D eigenvalue weighted by atomic mass is 16.5. The lowest BCUT2D eigenvalue weighted by molar-refractivity contribution is 0.0697. The number of hydrogen-bond acceptors (Lipinski definition) is 9. The Labute approximate surface area is 389 Å². The maximum atomic E-state index is 12.6. The number of carbonyl (C=O) groups is 3. The molecule has 0 radical (unpaired) electrons. The first-order valence-corrected chi connectivity index (χ1v) is 20.9. The zero-order valence-corrected chi connectivity index (χ0v) is 37.3. The zero-order chi connectivity index (χ0) is 47.5. The van der Waals surface area contributed by atoms with E-state index in [-0.39, 0.29) is 17.2 Å². The van der Waals surface area contributed by atoms with Crippen molar-refractivity contribution >= 4 is 34.8 Å². The molecule has 0 saturated carbocycles. The summed E-state index contributed by atoms with van der Waals surface area (Å²) < 4.78 is 27.6. The summed E-state index contributed by atoms with van der Waals surface area (Å²) in [6, 6.07) is 57.8. The fourth-order valence-corrected chi connectivity index (χ4v) is 6.28. The Hall–Kier alpha value is -9.03. The number of anilines is 3. The van der Waals surface area contributed by atoms with Crippen LogP contribution in [-0.4, -0.2) is 37.1 Å². The molecule has 0 saturated heterocycles. The first-order valence-electron chi connectivity index (χ1n) is 20.9. The molecule has 8 rings (SSSR count). The van der Waals surface area contributed by atoms with Crippen LogP contribution >= 0.6 is 0 Å². The SMILES string of the molecule is COc1ccccc1C(=O)Nc1cc(Oc2ccccc2)ccc1C.COc1ccccc1C(=O)Nc1cc(Oc2ccccc2)ccc1C(=O)O.Cc1ccc(Oc2ccccc2)cc1N. The normalized spacial score (nSPS) is 10.1. The van der Waals surface area contributed by atoms with Crippen molar-refractivity contribution in [3.05, 3.63) is 222 Å². The van der Waals surface area contributed by atoms with Crippen LogP contribution < -0.4 is 40.1 Å². The maximum Gasteiger partial charge on any atom is 0.337 e. The first kappa shape index (κ1) is 47.4. The van der Waals surface area contributed by atoms with Crippen molar-refractivity contribution in [3.8, 4) is 46.0 Å². The molecular formula is C55H49N3O9. The minimum absolute atomic E-state index is 0.0429. The van der Waals surface area contributed by atoms with Gasteiger partial charge in [-0.25, -0.2) is 4.79 Å². The Balaban J connectivity index is 0.000000172. The summed E-state index contributed by atoms with van der Waals surface area (Å²) in [4.78, 5) is 36.7. The van der Waals surface area contributed by atoms with Crippen LogP contribution in [0.5, 0.6) is 46.0 Å². The number of hydrogen-bond donors (Lipinski definition) is 4. The Morgan fingerprint density at radius 3 is 1.22 bits per heavy atom. The number of para-hydroxylation sites is 5. The van der Waals surface area contributed by atoms with Crippen molar-refractivity contribution in [3.63, 3.8) is 0 Å². The van der Waals surface area contributed by atoms with Gasteiger partial charge in [-0.2, -0.15) is 0 Å². The highest BCUT2D eigenvalue weighted by molar-refractivity contribution is 6.09. The summed E-state index contributed by atoms with van der Waals surface area (Å²) >= 11 is 0. The minimum Gasteiger partial charge on any atom is -0.496 e. The standard InChI is InChI=1S/C21H17NO5.C21H19NO3.C13H13NO/c1-26-19-10-6-5-9-17(19)20(23)22-18-13-15(11-12-16(18)21(24)25)27-14-7-3-2-4-8-14;1-15-12-13-17(25-16-8-4-3-5-9-16)14-19(15)22-21(23)18-10-6-7-11-20(18)24-2;1-10-7-8-12(9-13(10)14)15-11-5-3-2-4-6-11/h2-13H,1H3,(H,22,23)(H,24,25);3-14H,1-2H3,(H,22,23);2-9H,14H2,1H3. The molecule has 338 valence electrons. The number of carbonyl (C=O) groups excluding carboxylic acids is 2. The summed E-state index contributed by atoms with van der Waals surface area (Å²) in [5.74, 6) is 3.06. The molecule has 0 fully saturated rings. The average Bonchev–Trinajstić information content (AvgIpc) is 3.35. The van der Waals surface area contributed by atoms with E-state index in [2.05, 4.69) is 10.6 Å². The molecule has 0 aliphatic heterocycles. The van der Waals surface area contributed by atoms with Gasteiger partial charge in [0.15, 0.2) is 0 Å². The molecule has 0 aliphatic rings. The maximum absolute atomic E-state index is 12.6. The lowest BCUT2D eigenvalue weighted by Crippen LogP contribution is -2.15. The van der Waals surface area contributed by atoms with Crippen LogP contribution in [0.25, 0.3) is 0 Å². The van der Waals surface area contributed by atoms with E-state index in [4.69, 9.17) is 29.4 Å². The van der Waals surface area contributed by atoms with Crippen LogP contribution in [0.2, 0.25) is 0 Å².